The Hall–Kier alpha value is -1.84. The third-order valence-corrected chi connectivity index (χ3v) is 1.91. The smallest absolute Gasteiger partial charge is 0.0582 e. The molecule has 4 nitrogen and oxygen atoms in total. The zero-order chi connectivity index (χ0) is 9.64. The molecule has 0 spiro atoms. The summed E-state index contributed by atoms with van der Waals surface area (Å²) < 4.78 is 1.90. The van der Waals surface area contributed by atoms with E-state index >= 15 is 0 Å². The molecule has 2 aromatic rings. The largest absolute Gasteiger partial charge is 0.383 e. The maximum atomic E-state index is 4.11. The van der Waals surface area contributed by atoms with Gasteiger partial charge in [-0.3, -0.25) is 9.67 Å². The number of pyridine rings is 1. The first-order valence-electron chi connectivity index (χ1n) is 4.56. The van der Waals surface area contributed by atoms with E-state index in [0.717, 1.165) is 18.8 Å². The summed E-state index contributed by atoms with van der Waals surface area (Å²) in [6.07, 6.45) is 7.28. The van der Waals surface area contributed by atoms with Gasteiger partial charge in [-0.05, 0) is 18.2 Å². The maximum absolute atomic E-state index is 4.11. The normalized spacial score (nSPS) is 10.0. The molecule has 72 valence electrons. The van der Waals surface area contributed by atoms with Gasteiger partial charge in [0.15, 0.2) is 0 Å². The van der Waals surface area contributed by atoms with Crippen LogP contribution in [0.25, 0.3) is 0 Å². The predicted molar refractivity (Wildman–Crippen MR) is 55.0 cm³/mol. The second-order valence-electron chi connectivity index (χ2n) is 2.93. The van der Waals surface area contributed by atoms with Crippen molar-refractivity contribution in [2.75, 3.05) is 11.9 Å². The Morgan fingerprint density at radius 1 is 1.21 bits per heavy atom. The van der Waals surface area contributed by atoms with Gasteiger partial charge in [0.1, 0.15) is 0 Å². The minimum atomic E-state index is 0.867. The second-order valence-corrected chi connectivity index (χ2v) is 2.93. The maximum Gasteiger partial charge on any atom is 0.0582 e. The van der Waals surface area contributed by atoms with E-state index in [9.17, 15) is 0 Å². The average molecular weight is 188 g/mol. The predicted octanol–water partition coefficient (Wildman–Crippen LogP) is 1.39. The quantitative estimate of drug-likeness (QED) is 0.788. The van der Waals surface area contributed by atoms with Gasteiger partial charge in [0.25, 0.3) is 0 Å². The molecule has 14 heavy (non-hydrogen) atoms. The fraction of sp³-hybridized carbons (Fsp3) is 0.200. The van der Waals surface area contributed by atoms with Crippen molar-refractivity contribution in [2.45, 2.75) is 6.54 Å². The molecule has 0 radical (unpaired) electrons. The third-order valence-electron chi connectivity index (χ3n) is 1.91. The summed E-state index contributed by atoms with van der Waals surface area (Å²) >= 11 is 0. The Morgan fingerprint density at radius 2 is 2.07 bits per heavy atom. The Kier molecular flexibility index (Phi) is 2.76. The molecular weight excluding hydrogens is 176 g/mol. The Balaban J connectivity index is 1.79. The van der Waals surface area contributed by atoms with Crippen LogP contribution in [0.2, 0.25) is 0 Å². The zero-order valence-electron chi connectivity index (χ0n) is 7.80. The first-order chi connectivity index (χ1) is 6.95. The monoisotopic (exact) mass is 188 g/mol. The Morgan fingerprint density at radius 3 is 2.79 bits per heavy atom. The van der Waals surface area contributed by atoms with Gasteiger partial charge in [-0.2, -0.15) is 5.10 Å². The van der Waals surface area contributed by atoms with Crippen LogP contribution in [-0.4, -0.2) is 21.3 Å². The molecule has 0 bridgehead atoms. The van der Waals surface area contributed by atoms with E-state index in [1.165, 1.54) is 0 Å². The first kappa shape index (κ1) is 8.74. The molecule has 2 heterocycles. The molecule has 0 atom stereocenters. The van der Waals surface area contributed by atoms with Crippen molar-refractivity contribution >= 4 is 5.69 Å². The summed E-state index contributed by atoms with van der Waals surface area (Å²) in [6.45, 7) is 1.74. The molecule has 0 aliphatic rings. The van der Waals surface area contributed by atoms with Crippen molar-refractivity contribution in [3.05, 3.63) is 43.0 Å². The number of rotatable bonds is 4. The van der Waals surface area contributed by atoms with Gasteiger partial charge in [0.05, 0.1) is 6.54 Å². The van der Waals surface area contributed by atoms with Crippen molar-refractivity contribution in [2.24, 2.45) is 0 Å². The van der Waals surface area contributed by atoms with E-state index in [0.29, 0.717) is 0 Å². The average Bonchev–Trinajstić information content (AvgIpc) is 2.72. The van der Waals surface area contributed by atoms with Crippen LogP contribution in [0, 0.1) is 0 Å². The van der Waals surface area contributed by atoms with Crippen molar-refractivity contribution in [3.8, 4) is 0 Å². The number of nitrogens with zero attached hydrogens (tertiary/aromatic N) is 3. The van der Waals surface area contributed by atoms with Gasteiger partial charge >= 0.3 is 0 Å². The van der Waals surface area contributed by atoms with Crippen LogP contribution >= 0.6 is 0 Å². The second kappa shape index (κ2) is 4.41. The van der Waals surface area contributed by atoms with Gasteiger partial charge in [0.2, 0.25) is 0 Å². The molecular formula is C10H12N4. The van der Waals surface area contributed by atoms with E-state index in [2.05, 4.69) is 15.4 Å². The summed E-state index contributed by atoms with van der Waals surface area (Å²) in [6, 6.07) is 5.82. The lowest BCUT2D eigenvalue weighted by molar-refractivity contribution is 0.638. The molecule has 0 amide bonds. The molecule has 4 heteroatoms. The lowest BCUT2D eigenvalue weighted by Crippen LogP contribution is -2.10. The van der Waals surface area contributed by atoms with E-state index in [1.54, 1.807) is 18.6 Å². The highest BCUT2D eigenvalue weighted by Gasteiger charge is 1.91. The van der Waals surface area contributed by atoms with Gasteiger partial charge in [-0.25, -0.2) is 0 Å². The van der Waals surface area contributed by atoms with Crippen molar-refractivity contribution in [3.63, 3.8) is 0 Å². The molecule has 0 unspecified atom stereocenters. The van der Waals surface area contributed by atoms with Crippen molar-refractivity contribution in [1.82, 2.24) is 14.8 Å². The number of anilines is 1. The molecule has 0 aromatic carbocycles. The minimum absolute atomic E-state index is 0.867. The highest BCUT2D eigenvalue weighted by atomic mass is 15.3. The SMILES string of the molecule is c1cnn(CCNc2ccncc2)c1. The number of aromatic nitrogens is 3. The topological polar surface area (TPSA) is 42.7 Å². The third kappa shape index (κ3) is 2.32. The number of nitrogens with one attached hydrogen (secondary N) is 1. The first-order valence-corrected chi connectivity index (χ1v) is 4.56. The van der Waals surface area contributed by atoms with Gasteiger partial charge in [0, 0.05) is 37.0 Å². The van der Waals surface area contributed by atoms with Crippen LogP contribution in [-0.2, 0) is 6.54 Å². The van der Waals surface area contributed by atoms with E-state index < -0.39 is 0 Å². The Labute approximate surface area is 82.6 Å². The molecule has 0 fully saturated rings. The molecule has 0 aliphatic heterocycles. The number of hydrogen-bond donors (Lipinski definition) is 1. The van der Waals surface area contributed by atoms with E-state index in [4.69, 9.17) is 0 Å². The van der Waals surface area contributed by atoms with E-state index in [-0.39, 0.29) is 0 Å². The van der Waals surface area contributed by atoms with Crippen LogP contribution in [0.5, 0.6) is 0 Å². The fourth-order valence-electron chi connectivity index (χ4n) is 1.22. The van der Waals surface area contributed by atoms with Crippen LogP contribution in [0.1, 0.15) is 0 Å². The zero-order valence-corrected chi connectivity index (χ0v) is 7.80. The molecule has 0 aliphatic carbocycles. The number of hydrogen-bond acceptors (Lipinski definition) is 3. The molecule has 2 rings (SSSR count). The molecule has 0 saturated carbocycles. The highest BCUT2D eigenvalue weighted by Crippen LogP contribution is 2.01. The molecule has 1 N–H and O–H groups in total. The van der Waals surface area contributed by atoms with Gasteiger partial charge in [-0.1, -0.05) is 0 Å². The summed E-state index contributed by atoms with van der Waals surface area (Å²) in [5.41, 5.74) is 1.09. The van der Waals surface area contributed by atoms with Crippen molar-refractivity contribution in [1.29, 1.82) is 0 Å². The van der Waals surface area contributed by atoms with Crippen LogP contribution < -0.4 is 5.32 Å². The lowest BCUT2D eigenvalue weighted by Gasteiger charge is -2.05. The van der Waals surface area contributed by atoms with Gasteiger partial charge in [-0.15, -0.1) is 0 Å². The Bertz CT molecular complexity index is 355. The van der Waals surface area contributed by atoms with Crippen LogP contribution in [0.4, 0.5) is 5.69 Å². The summed E-state index contributed by atoms with van der Waals surface area (Å²) in [4.78, 5) is 3.95. The van der Waals surface area contributed by atoms with E-state index in [1.807, 2.05) is 29.1 Å². The summed E-state index contributed by atoms with van der Waals surface area (Å²) in [7, 11) is 0. The van der Waals surface area contributed by atoms with Crippen LogP contribution in [0.15, 0.2) is 43.0 Å². The van der Waals surface area contributed by atoms with Crippen LogP contribution in [0.3, 0.4) is 0 Å². The van der Waals surface area contributed by atoms with Gasteiger partial charge < -0.3 is 5.32 Å². The standard InChI is InChI=1S/C10H12N4/c1-4-13-14(8-1)9-7-12-10-2-5-11-6-3-10/h1-6,8H,7,9H2,(H,11,12). The highest BCUT2D eigenvalue weighted by molar-refractivity contribution is 5.40. The summed E-state index contributed by atoms with van der Waals surface area (Å²) in [5.74, 6) is 0. The van der Waals surface area contributed by atoms with Crippen molar-refractivity contribution < 1.29 is 0 Å². The lowest BCUT2D eigenvalue weighted by atomic mass is 10.4. The summed E-state index contributed by atoms with van der Waals surface area (Å²) in [5, 5.41) is 7.39. The molecule has 0 saturated heterocycles. The minimum Gasteiger partial charge on any atom is -0.383 e. The molecule has 2 aromatic heterocycles. The fourth-order valence-corrected chi connectivity index (χ4v) is 1.22.